The first-order valence-corrected chi connectivity index (χ1v) is 7.44. The summed E-state index contributed by atoms with van der Waals surface area (Å²) in [6.45, 7) is 1.81. The van der Waals surface area contributed by atoms with Crippen LogP contribution in [0, 0.1) is 6.92 Å². The summed E-state index contributed by atoms with van der Waals surface area (Å²) < 4.78 is 0. The summed E-state index contributed by atoms with van der Waals surface area (Å²) in [6, 6.07) is 12.4. The summed E-state index contributed by atoms with van der Waals surface area (Å²) in [7, 11) is 3.94. The second-order valence-electron chi connectivity index (χ2n) is 5.26. The molecule has 0 spiro atoms. The number of anilines is 2. The first-order chi connectivity index (χ1) is 10.9. The van der Waals surface area contributed by atoms with Gasteiger partial charge < -0.3 is 10.6 Å². The molecule has 0 aromatic heterocycles. The van der Waals surface area contributed by atoms with Crippen molar-refractivity contribution in [3.05, 3.63) is 58.6 Å². The van der Waals surface area contributed by atoms with Gasteiger partial charge >= 0.3 is 6.03 Å². The van der Waals surface area contributed by atoms with Crippen LogP contribution in [0.4, 0.5) is 16.2 Å². The molecule has 0 saturated heterocycles. The van der Waals surface area contributed by atoms with Crippen molar-refractivity contribution in [2.45, 2.75) is 6.92 Å². The fraction of sp³-hybridized carbons (Fsp3) is 0.176. The van der Waals surface area contributed by atoms with Gasteiger partial charge in [-0.05, 0) is 42.3 Å². The SMILES string of the molecule is Cc1c(Cl)cccc1N(/N=C/c1ccc(N(C)C)cc1)C(N)=O. The summed E-state index contributed by atoms with van der Waals surface area (Å²) in [5.74, 6) is 0. The van der Waals surface area contributed by atoms with Gasteiger partial charge in [-0.15, -0.1) is 0 Å². The molecule has 0 heterocycles. The van der Waals surface area contributed by atoms with Crippen LogP contribution >= 0.6 is 11.6 Å². The van der Waals surface area contributed by atoms with Crippen LogP contribution in [0.25, 0.3) is 0 Å². The molecule has 0 radical (unpaired) electrons. The van der Waals surface area contributed by atoms with Crippen LogP contribution in [-0.2, 0) is 0 Å². The maximum absolute atomic E-state index is 11.7. The van der Waals surface area contributed by atoms with Crippen molar-refractivity contribution in [2.24, 2.45) is 10.8 Å². The number of rotatable bonds is 4. The Labute approximate surface area is 141 Å². The highest BCUT2D eigenvalue weighted by Crippen LogP contribution is 2.26. The van der Waals surface area contributed by atoms with E-state index in [2.05, 4.69) is 5.10 Å². The molecule has 120 valence electrons. The third kappa shape index (κ3) is 4.02. The maximum atomic E-state index is 11.7. The number of primary amides is 1. The molecule has 0 aliphatic heterocycles. The van der Waals surface area contributed by atoms with Crippen molar-refractivity contribution in [1.82, 2.24) is 0 Å². The van der Waals surface area contributed by atoms with E-state index in [-0.39, 0.29) is 0 Å². The van der Waals surface area contributed by atoms with Gasteiger partial charge in [-0.25, -0.2) is 4.79 Å². The second kappa shape index (κ2) is 7.15. The van der Waals surface area contributed by atoms with Gasteiger partial charge in [0.15, 0.2) is 0 Å². The van der Waals surface area contributed by atoms with Gasteiger partial charge in [-0.3, -0.25) is 0 Å². The Morgan fingerprint density at radius 2 is 1.83 bits per heavy atom. The van der Waals surface area contributed by atoms with Crippen molar-refractivity contribution in [3.8, 4) is 0 Å². The van der Waals surface area contributed by atoms with Crippen LogP contribution < -0.4 is 15.6 Å². The molecule has 5 nitrogen and oxygen atoms in total. The molecule has 23 heavy (non-hydrogen) atoms. The lowest BCUT2D eigenvalue weighted by atomic mass is 10.2. The molecule has 2 rings (SSSR count). The number of hydrogen-bond donors (Lipinski definition) is 1. The summed E-state index contributed by atoms with van der Waals surface area (Å²) in [5.41, 5.74) is 8.69. The molecule has 2 aromatic carbocycles. The lowest BCUT2D eigenvalue weighted by Gasteiger charge is -2.17. The minimum Gasteiger partial charge on any atom is -0.378 e. The third-order valence-corrected chi connectivity index (χ3v) is 3.82. The molecular weight excluding hydrogens is 312 g/mol. The van der Waals surface area contributed by atoms with Crippen LogP contribution in [0.2, 0.25) is 5.02 Å². The number of amides is 2. The van der Waals surface area contributed by atoms with Gasteiger partial charge in [0.05, 0.1) is 11.9 Å². The predicted octanol–water partition coefficient (Wildman–Crippen LogP) is 3.63. The van der Waals surface area contributed by atoms with Crippen LogP contribution in [-0.4, -0.2) is 26.3 Å². The van der Waals surface area contributed by atoms with Gasteiger partial charge in [-0.1, -0.05) is 29.8 Å². The van der Waals surface area contributed by atoms with E-state index in [1.807, 2.05) is 50.2 Å². The second-order valence-corrected chi connectivity index (χ2v) is 5.67. The number of benzene rings is 2. The molecule has 0 saturated carbocycles. The van der Waals surface area contributed by atoms with Crippen LogP contribution in [0.3, 0.4) is 0 Å². The van der Waals surface area contributed by atoms with Crippen LogP contribution in [0.1, 0.15) is 11.1 Å². The van der Waals surface area contributed by atoms with Gasteiger partial charge in [0, 0.05) is 24.8 Å². The van der Waals surface area contributed by atoms with E-state index in [1.54, 1.807) is 24.4 Å². The summed E-state index contributed by atoms with van der Waals surface area (Å²) in [5, 5.41) is 5.90. The van der Waals surface area contributed by atoms with Gasteiger partial charge in [0.25, 0.3) is 0 Å². The van der Waals surface area contributed by atoms with Crippen molar-refractivity contribution < 1.29 is 4.79 Å². The molecular formula is C17H19ClN4O. The Balaban J connectivity index is 2.29. The molecule has 0 aliphatic carbocycles. The van der Waals surface area contributed by atoms with E-state index in [4.69, 9.17) is 17.3 Å². The van der Waals surface area contributed by atoms with E-state index >= 15 is 0 Å². The fourth-order valence-electron chi connectivity index (χ4n) is 2.05. The van der Waals surface area contributed by atoms with E-state index < -0.39 is 6.03 Å². The normalized spacial score (nSPS) is 10.8. The van der Waals surface area contributed by atoms with Gasteiger partial charge in [0.1, 0.15) is 0 Å². The molecule has 6 heteroatoms. The number of nitrogens with two attached hydrogens (primary N) is 1. The van der Waals surface area contributed by atoms with Crippen LogP contribution in [0.15, 0.2) is 47.6 Å². The number of carbonyl (C=O) groups excluding carboxylic acids is 1. The molecule has 2 amide bonds. The van der Waals surface area contributed by atoms with Crippen molar-refractivity contribution >= 4 is 35.2 Å². The number of carbonyl (C=O) groups is 1. The first-order valence-electron chi connectivity index (χ1n) is 7.06. The molecule has 0 unspecified atom stereocenters. The van der Waals surface area contributed by atoms with Crippen molar-refractivity contribution in [1.29, 1.82) is 0 Å². The summed E-state index contributed by atoms with van der Waals surface area (Å²) in [4.78, 5) is 13.7. The quantitative estimate of drug-likeness (QED) is 0.687. The predicted molar refractivity (Wildman–Crippen MR) is 96.6 cm³/mol. The standard InChI is InChI=1S/C17H19ClN4O/c1-12-15(18)5-4-6-16(12)22(17(19)23)20-11-13-7-9-14(10-8-13)21(2)3/h4-11H,1-3H3,(H2,19,23)/b20-11+. The van der Waals surface area contributed by atoms with Crippen LogP contribution in [0.5, 0.6) is 0 Å². The highest BCUT2D eigenvalue weighted by Gasteiger charge is 2.14. The van der Waals surface area contributed by atoms with Gasteiger partial charge in [0.2, 0.25) is 0 Å². The largest absolute Gasteiger partial charge is 0.378 e. The monoisotopic (exact) mass is 330 g/mol. The van der Waals surface area contributed by atoms with E-state index in [1.165, 1.54) is 0 Å². The molecule has 0 aliphatic rings. The Bertz CT molecular complexity index is 726. The number of urea groups is 1. The number of halogens is 1. The van der Waals surface area contributed by atoms with E-state index in [9.17, 15) is 4.79 Å². The third-order valence-electron chi connectivity index (χ3n) is 3.41. The Hall–Kier alpha value is -2.53. The molecule has 2 aromatic rings. The topological polar surface area (TPSA) is 61.9 Å². The highest BCUT2D eigenvalue weighted by molar-refractivity contribution is 6.31. The Morgan fingerprint density at radius 3 is 2.39 bits per heavy atom. The Morgan fingerprint density at radius 1 is 1.17 bits per heavy atom. The summed E-state index contributed by atoms with van der Waals surface area (Å²) in [6.07, 6.45) is 1.59. The average molecular weight is 331 g/mol. The minimum atomic E-state index is -0.670. The molecule has 0 bridgehead atoms. The van der Waals surface area contributed by atoms with Crippen molar-refractivity contribution in [3.63, 3.8) is 0 Å². The maximum Gasteiger partial charge on any atom is 0.340 e. The Kier molecular flexibility index (Phi) is 5.24. The molecule has 0 fully saturated rings. The summed E-state index contributed by atoms with van der Waals surface area (Å²) >= 11 is 6.09. The van der Waals surface area contributed by atoms with Crippen molar-refractivity contribution in [2.75, 3.05) is 24.0 Å². The number of hydrazone groups is 1. The fourth-order valence-corrected chi connectivity index (χ4v) is 2.22. The van der Waals surface area contributed by atoms with E-state index in [0.717, 1.165) is 21.8 Å². The smallest absolute Gasteiger partial charge is 0.340 e. The van der Waals surface area contributed by atoms with E-state index in [0.29, 0.717) is 10.7 Å². The lowest BCUT2D eigenvalue weighted by molar-refractivity contribution is 0.254. The zero-order valence-electron chi connectivity index (χ0n) is 13.3. The zero-order valence-corrected chi connectivity index (χ0v) is 14.1. The minimum absolute atomic E-state index is 0.555. The first kappa shape index (κ1) is 16.8. The molecule has 0 atom stereocenters. The zero-order chi connectivity index (χ0) is 17.0. The number of hydrogen-bond acceptors (Lipinski definition) is 3. The van der Waals surface area contributed by atoms with Gasteiger partial charge in [-0.2, -0.15) is 10.1 Å². The average Bonchev–Trinajstić information content (AvgIpc) is 2.51. The molecule has 2 N–H and O–H groups in total. The number of nitrogens with zero attached hydrogens (tertiary/aromatic N) is 3. The highest BCUT2D eigenvalue weighted by atomic mass is 35.5. The lowest BCUT2D eigenvalue weighted by Crippen LogP contribution is -2.31.